The van der Waals surface area contributed by atoms with Gasteiger partial charge in [-0.3, -0.25) is 9.59 Å². The standard InChI is InChI=1S/C22H26N2O4/c1-22(2,3)18-10-8-16(9-11-18)20(26)24-14-19(25)23-13-12-15-4-6-17(7-5-15)21(27)28/h4-11H,12-14H2,1-3H3,(H,23,25)(H,24,26)(H,27,28). The Balaban J connectivity index is 1.74. The highest BCUT2D eigenvalue weighted by Gasteiger charge is 2.14. The summed E-state index contributed by atoms with van der Waals surface area (Å²) in [6, 6.07) is 13.9. The summed E-state index contributed by atoms with van der Waals surface area (Å²) >= 11 is 0. The van der Waals surface area contributed by atoms with Crippen LogP contribution in [-0.4, -0.2) is 36.0 Å². The summed E-state index contributed by atoms with van der Waals surface area (Å²) in [4.78, 5) is 34.9. The van der Waals surface area contributed by atoms with Gasteiger partial charge in [-0.05, 0) is 47.2 Å². The third-order valence-electron chi connectivity index (χ3n) is 4.36. The third kappa shape index (κ3) is 6.23. The van der Waals surface area contributed by atoms with Crippen LogP contribution in [0, 0.1) is 0 Å². The maximum atomic E-state index is 12.2. The fraction of sp³-hybridized carbons (Fsp3) is 0.318. The molecule has 0 radical (unpaired) electrons. The van der Waals surface area contributed by atoms with Gasteiger partial charge in [-0.1, -0.05) is 45.0 Å². The lowest BCUT2D eigenvalue weighted by molar-refractivity contribution is -0.120. The molecular formula is C22H26N2O4. The Kier molecular flexibility index (Phi) is 6.93. The lowest BCUT2D eigenvalue weighted by atomic mass is 9.87. The van der Waals surface area contributed by atoms with Crippen LogP contribution in [0.15, 0.2) is 48.5 Å². The van der Waals surface area contributed by atoms with Crippen molar-refractivity contribution >= 4 is 17.8 Å². The van der Waals surface area contributed by atoms with Gasteiger partial charge in [-0.25, -0.2) is 4.79 Å². The quantitative estimate of drug-likeness (QED) is 0.686. The summed E-state index contributed by atoms with van der Waals surface area (Å²) < 4.78 is 0. The van der Waals surface area contributed by atoms with Crippen LogP contribution < -0.4 is 10.6 Å². The van der Waals surface area contributed by atoms with Gasteiger partial charge in [0.1, 0.15) is 0 Å². The summed E-state index contributed by atoms with van der Waals surface area (Å²) in [5.74, 6) is -1.54. The van der Waals surface area contributed by atoms with Gasteiger partial charge in [0.2, 0.25) is 5.91 Å². The molecule has 6 nitrogen and oxygen atoms in total. The maximum Gasteiger partial charge on any atom is 0.335 e. The number of aromatic carboxylic acids is 1. The number of hydrogen-bond acceptors (Lipinski definition) is 3. The van der Waals surface area contributed by atoms with E-state index in [-0.39, 0.29) is 29.3 Å². The lowest BCUT2D eigenvalue weighted by Crippen LogP contribution is -2.37. The van der Waals surface area contributed by atoms with E-state index < -0.39 is 5.97 Å². The molecule has 6 heteroatoms. The molecule has 0 spiro atoms. The zero-order valence-electron chi connectivity index (χ0n) is 16.4. The number of carboxylic acids is 1. The van der Waals surface area contributed by atoms with Crippen LogP contribution in [0.3, 0.4) is 0 Å². The smallest absolute Gasteiger partial charge is 0.335 e. The first kappa shape index (κ1) is 21.2. The van der Waals surface area contributed by atoms with E-state index in [1.165, 1.54) is 12.1 Å². The summed E-state index contributed by atoms with van der Waals surface area (Å²) in [5, 5.41) is 14.2. The molecule has 0 unspecified atom stereocenters. The highest BCUT2D eigenvalue weighted by molar-refractivity contribution is 5.96. The van der Waals surface area contributed by atoms with E-state index >= 15 is 0 Å². The molecule has 0 fully saturated rings. The van der Waals surface area contributed by atoms with Gasteiger partial charge in [0.05, 0.1) is 12.1 Å². The van der Waals surface area contributed by atoms with Crippen molar-refractivity contribution in [3.05, 3.63) is 70.8 Å². The van der Waals surface area contributed by atoms with Crippen molar-refractivity contribution in [2.45, 2.75) is 32.6 Å². The highest BCUT2D eigenvalue weighted by atomic mass is 16.4. The van der Waals surface area contributed by atoms with E-state index in [2.05, 4.69) is 31.4 Å². The second-order valence-electron chi connectivity index (χ2n) is 7.61. The van der Waals surface area contributed by atoms with Crippen LogP contribution in [-0.2, 0) is 16.6 Å². The molecule has 3 N–H and O–H groups in total. The number of carbonyl (C=O) groups is 3. The van der Waals surface area contributed by atoms with Crippen molar-refractivity contribution in [1.29, 1.82) is 0 Å². The van der Waals surface area contributed by atoms with Crippen molar-refractivity contribution < 1.29 is 19.5 Å². The molecule has 2 aromatic carbocycles. The van der Waals surface area contributed by atoms with Crippen molar-refractivity contribution in [3.63, 3.8) is 0 Å². The van der Waals surface area contributed by atoms with E-state index in [1.807, 2.05) is 12.1 Å². The fourth-order valence-corrected chi connectivity index (χ4v) is 2.61. The Hall–Kier alpha value is -3.15. The third-order valence-corrected chi connectivity index (χ3v) is 4.36. The maximum absolute atomic E-state index is 12.2. The van der Waals surface area contributed by atoms with Gasteiger partial charge in [-0.2, -0.15) is 0 Å². The van der Waals surface area contributed by atoms with E-state index in [1.54, 1.807) is 24.3 Å². The predicted octanol–water partition coefficient (Wildman–Crippen LogP) is 2.77. The van der Waals surface area contributed by atoms with Gasteiger partial charge in [0.15, 0.2) is 0 Å². The topological polar surface area (TPSA) is 95.5 Å². The number of hydrogen-bond donors (Lipinski definition) is 3. The first-order chi connectivity index (χ1) is 13.2. The number of carbonyl (C=O) groups excluding carboxylic acids is 2. The molecule has 0 heterocycles. The molecule has 0 aliphatic rings. The molecule has 0 bridgehead atoms. The summed E-state index contributed by atoms with van der Waals surface area (Å²) in [5.41, 5.74) is 2.82. The van der Waals surface area contributed by atoms with Gasteiger partial charge in [0, 0.05) is 12.1 Å². The second-order valence-corrected chi connectivity index (χ2v) is 7.61. The molecule has 0 saturated heterocycles. The molecule has 2 amide bonds. The molecule has 2 aromatic rings. The van der Waals surface area contributed by atoms with E-state index in [9.17, 15) is 14.4 Å². The molecule has 0 aromatic heterocycles. The highest BCUT2D eigenvalue weighted by Crippen LogP contribution is 2.22. The largest absolute Gasteiger partial charge is 0.478 e. The van der Waals surface area contributed by atoms with E-state index in [0.717, 1.165) is 11.1 Å². The normalized spacial score (nSPS) is 11.0. The number of amides is 2. The zero-order chi connectivity index (χ0) is 20.7. The van der Waals surface area contributed by atoms with E-state index in [0.29, 0.717) is 18.5 Å². The fourth-order valence-electron chi connectivity index (χ4n) is 2.61. The first-order valence-electron chi connectivity index (χ1n) is 9.14. The minimum atomic E-state index is -0.969. The van der Waals surface area contributed by atoms with Crippen molar-refractivity contribution in [3.8, 4) is 0 Å². The summed E-state index contributed by atoms with van der Waals surface area (Å²) in [7, 11) is 0. The van der Waals surface area contributed by atoms with Crippen LogP contribution in [0.4, 0.5) is 0 Å². The van der Waals surface area contributed by atoms with Gasteiger partial charge >= 0.3 is 5.97 Å². The number of rotatable bonds is 7. The van der Waals surface area contributed by atoms with Crippen LogP contribution >= 0.6 is 0 Å². The van der Waals surface area contributed by atoms with Crippen molar-refractivity contribution in [2.75, 3.05) is 13.1 Å². The van der Waals surface area contributed by atoms with Crippen LogP contribution in [0.2, 0.25) is 0 Å². The van der Waals surface area contributed by atoms with Crippen molar-refractivity contribution in [1.82, 2.24) is 10.6 Å². The van der Waals surface area contributed by atoms with Crippen molar-refractivity contribution in [2.24, 2.45) is 0 Å². The monoisotopic (exact) mass is 382 g/mol. The average Bonchev–Trinajstić information content (AvgIpc) is 2.66. The van der Waals surface area contributed by atoms with Crippen LogP contribution in [0.25, 0.3) is 0 Å². The Morgan fingerprint density at radius 1 is 0.857 bits per heavy atom. The summed E-state index contributed by atoms with van der Waals surface area (Å²) in [6.07, 6.45) is 0.577. The lowest BCUT2D eigenvalue weighted by Gasteiger charge is -2.19. The number of benzene rings is 2. The first-order valence-corrected chi connectivity index (χ1v) is 9.14. The Labute approximate surface area is 165 Å². The predicted molar refractivity (Wildman–Crippen MR) is 108 cm³/mol. The Bertz CT molecular complexity index is 834. The molecule has 0 aliphatic carbocycles. The van der Waals surface area contributed by atoms with E-state index in [4.69, 9.17) is 5.11 Å². The van der Waals surface area contributed by atoms with Gasteiger partial charge in [0.25, 0.3) is 5.91 Å². The molecule has 148 valence electrons. The molecule has 0 saturated carbocycles. The van der Waals surface area contributed by atoms with Gasteiger partial charge < -0.3 is 15.7 Å². The Morgan fingerprint density at radius 3 is 1.96 bits per heavy atom. The molecule has 2 rings (SSSR count). The van der Waals surface area contributed by atoms with Gasteiger partial charge in [-0.15, -0.1) is 0 Å². The minimum absolute atomic E-state index is 0.0167. The minimum Gasteiger partial charge on any atom is -0.478 e. The Morgan fingerprint density at radius 2 is 1.43 bits per heavy atom. The molecule has 0 aliphatic heterocycles. The number of carboxylic acid groups (broad SMARTS) is 1. The average molecular weight is 382 g/mol. The molecule has 28 heavy (non-hydrogen) atoms. The second kappa shape index (κ2) is 9.17. The molecular weight excluding hydrogens is 356 g/mol. The molecule has 0 atom stereocenters. The SMILES string of the molecule is CC(C)(C)c1ccc(C(=O)NCC(=O)NCCc2ccc(C(=O)O)cc2)cc1. The number of nitrogens with one attached hydrogen (secondary N) is 2. The zero-order valence-corrected chi connectivity index (χ0v) is 16.4. The van der Waals surface area contributed by atoms with Crippen LogP contribution in [0.1, 0.15) is 52.6 Å². The van der Waals surface area contributed by atoms with Crippen LogP contribution in [0.5, 0.6) is 0 Å². The summed E-state index contributed by atoms with van der Waals surface area (Å²) in [6.45, 7) is 6.62.